The average Bonchev–Trinajstić information content (AvgIpc) is 3.20. The van der Waals surface area contributed by atoms with Crippen LogP contribution in [0.1, 0.15) is 25.7 Å². The third-order valence-electron chi connectivity index (χ3n) is 4.16. The first-order chi connectivity index (χ1) is 13.9. The minimum Gasteiger partial charge on any atom is -0.481 e. The first-order valence-corrected chi connectivity index (χ1v) is 10.3. The van der Waals surface area contributed by atoms with Crippen molar-refractivity contribution in [2.75, 3.05) is 19.5 Å². The van der Waals surface area contributed by atoms with Crippen LogP contribution in [0.15, 0.2) is 29.3 Å². The lowest BCUT2D eigenvalue weighted by atomic mass is 10.3. The van der Waals surface area contributed by atoms with Crippen LogP contribution in [0, 0.1) is 0 Å². The Hall–Kier alpha value is -3.15. The number of rotatable bonds is 7. The van der Waals surface area contributed by atoms with Crippen LogP contribution < -0.4 is 24.2 Å². The quantitative estimate of drug-likeness (QED) is 0.680. The monoisotopic (exact) mass is 423 g/mol. The molecule has 1 aliphatic rings. The Kier molecular flexibility index (Phi) is 6.32. The van der Waals surface area contributed by atoms with E-state index in [1.165, 1.54) is 38.6 Å². The number of carbonyl (C=O) groups excluding carboxylic acids is 1. The van der Waals surface area contributed by atoms with Gasteiger partial charge < -0.3 is 14.2 Å². The maximum atomic E-state index is 12.7. The van der Waals surface area contributed by atoms with E-state index in [0.717, 1.165) is 25.7 Å². The Morgan fingerprint density at radius 2 is 1.79 bits per heavy atom. The number of carbonyl (C=O) groups is 1. The number of ether oxygens (including phenoxy) is 3. The molecule has 3 rings (SSSR count). The molecule has 0 bridgehead atoms. The number of amides is 2. The number of anilines is 1. The largest absolute Gasteiger partial charge is 0.481 e. The molecule has 29 heavy (non-hydrogen) atoms. The maximum Gasteiger partial charge on any atom is 0.335 e. The molecule has 0 spiro atoms. The van der Waals surface area contributed by atoms with Crippen molar-refractivity contribution in [2.45, 2.75) is 36.7 Å². The maximum absolute atomic E-state index is 12.7. The summed E-state index contributed by atoms with van der Waals surface area (Å²) >= 11 is 0. The van der Waals surface area contributed by atoms with Gasteiger partial charge in [-0.2, -0.15) is 9.97 Å². The summed E-state index contributed by atoms with van der Waals surface area (Å²) < 4.78 is 43.0. The molecule has 2 heterocycles. The van der Waals surface area contributed by atoms with Crippen molar-refractivity contribution in [3.05, 3.63) is 24.4 Å². The van der Waals surface area contributed by atoms with Crippen molar-refractivity contribution in [3.63, 3.8) is 0 Å². The van der Waals surface area contributed by atoms with Gasteiger partial charge in [0.1, 0.15) is 11.0 Å². The predicted molar refractivity (Wildman–Crippen MR) is 102 cm³/mol. The second-order valence-electron chi connectivity index (χ2n) is 6.17. The van der Waals surface area contributed by atoms with Crippen molar-refractivity contribution in [3.8, 4) is 17.6 Å². The Labute approximate surface area is 167 Å². The van der Waals surface area contributed by atoms with Crippen molar-refractivity contribution >= 4 is 22.0 Å². The van der Waals surface area contributed by atoms with E-state index < -0.39 is 16.1 Å². The second-order valence-corrected chi connectivity index (χ2v) is 7.82. The number of nitrogens with zero attached hydrogens (tertiary/aromatic N) is 3. The van der Waals surface area contributed by atoms with Crippen LogP contribution >= 0.6 is 0 Å². The molecule has 1 saturated carbocycles. The second kappa shape index (κ2) is 8.90. The highest BCUT2D eigenvalue weighted by Crippen LogP contribution is 2.27. The van der Waals surface area contributed by atoms with E-state index in [1.807, 2.05) is 4.72 Å². The zero-order valence-electron chi connectivity index (χ0n) is 15.9. The fraction of sp³-hybridized carbons (Fsp3) is 0.412. The first kappa shape index (κ1) is 20.6. The van der Waals surface area contributed by atoms with Gasteiger partial charge in [-0.15, -0.1) is 0 Å². The summed E-state index contributed by atoms with van der Waals surface area (Å²) in [4.78, 5) is 23.8. The van der Waals surface area contributed by atoms with Crippen molar-refractivity contribution in [1.82, 2.24) is 19.7 Å². The molecule has 2 aromatic rings. The van der Waals surface area contributed by atoms with Gasteiger partial charge in [0, 0.05) is 6.20 Å². The van der Waals surface area contributed by atoms with Gasteiger partial charge in [-0.1, -0.05) is 0 Å². The number of hydrogen-bond donors (Lipinski definition) is 2. The number of sulfonamides is 1. The summed E-state index contributed by atoms with van der Waals surface area (Å²) in [5, 5.41) is 2.24. The Bertz CT molecular complexity index is 956. The summed E-state index contributed by atoms with van der Waals surface area (Å²) in [6, 6.07) is 3.11. The topological polar surface area (TPSA) is 142 Å². The lowest BCUT2D eigenvalue weighted by Gasteiger charge is -2.15. The van der Waals surface area contributed by atoms with Gasteiger partial charge in [0.2, 0.25) is 23.6 Å². The predicted octanol–water partition coefficient (Wildman–Crippen LogP) is 1.72. The number of pyridine rings is 1. The SMILES string of the molecule is COc1cc(OC)nc(NC(=O)NS(=O)(=O)c2cccnc2OC2CCCC2)n1. The van der Waals surface area contributed by atoms with E-state index in [4.69, 9.17) is 14.2 Å². The van der Waals surface area contributed by atoms with Gasteiger partial charge in [0.25, 0.3) is 10.0 Å². The lowest BCUT2D eigenvalue weighted by molar-refractivity contribution is 0.195. The summed E-state index contributed by atoms with van der Waals surface area (Å²) in [6.45, 7) is 0. The number of aromatic nitrogens is 3. The van der Waals surface area contributed by atoms with Crippen LogP contribution in [0.2, 0.25) is 0 Å². The molecular formula is C17H21N5O6S. The molecule has 0 atom stereocenters. The summed E-state index contributed by atoms with van der Waals surface area (Å²) in [6.07, 6.45) is 5.04. The summed E-state index contributed by atoms with van der Waals surface area (Å²) in [5.41, 5.74) is 0. The highest BCUT2D eigenvalue weighted by atomic mass is 32.2. The smallest absolute Gasteiger partial charge is 0.335 e. The molecule has 1 fully saturated rings. The van der Waals surface area contributed by atoms with E-state index in [0.29, 0.717) is 0 Å². The Morgan fingerprint density at radius 1 is 1.14 bits per heavy atom. The van der Waals surface area contributed by atoms with E-state index in [1.54, 1.807) is 0 Å². The molecule has 2 aromatic heterocycles. The fourth-order valence-corrected chi connectivity index (χ4v) is 3.80. The standard InChI is InChI=1S/C17H21N5O6S/c1-26-13-10-14(27-2)20-16(19-13)21-17(23)22-29(24,25)12-8-5-9-18-15(12)28-11-6-3-4-7-11/h5,8-11H,3-4,6-7H2,1-2H3,(H2,19,20,21,22,23). The van der Waals surface area contributed by atoms with Gasteiger partial charge in [-0.25, -0.2) is 22.9 Å². The Balaban J connectivity index is 1.75. The van der Waals surface area contributed by atoms with Crippen LogP contribution in [0.3, 0.4) is 0 Å². The highest BCUT2D eigenvalue weighted by Gasteiger charge is 2.26. The van der Waals surface area contributed by atoms with E-state index in [9.17, 15) is 13.2 Å². The number of nitrogens with one attached hydrogen (secondary N) is 2. The molecule has 0 unspecified atom stereocenters. The van der Waals surface area contributed by atoms with Crippen LogP contribution in [0.25, 0.3) is 0 Å². The molecule has 0 aromatic carbocycles. The molecule has 156 valence electrons. The molecule has 2 amide bonds. The summed E-state index contributed by atoms with van der Waals surface area (Å²) in [5.74, 6) is 0.0329. The minimum absolute atomic E-state index is 0.0426. The molecule has 12 heteroatoms. The molecular weight excluding hydrogens is 402 g/mol. The zero-order valence-corrected chi connectivity index (χ0v) is 16.7. The lowest BCUT2D eigenvalue weighted by Crippen LogP contribution is -2.35. The fourth-order valence-electron chi connectivity index (χ4n) is 2.81. The van der Waals surface area contributed by atoms with Crippen molar-refractivity contribution < 1.29 is 27.4 Å². The zero-order chi connectivity index (χ0) is 20.9. The van der Waals surface area contributed by atoms with Gasteiger partial charge in [0.05, 0.1) is 20.3 Å². The summed E-state index contributed by atoms with van der Waals surface area (Å²) in [7, 11) is -1.49. The van der Waals surface area contributed by atoms with Crippen LogP contribution in [0.5, 0.6) is 17.6 Å². The molecule has 1 aliphatic carbocycles. The third-order valence-corrected chi connectivity index (χ3v) is 5.50. The molecule has 11 nitrogen and oxygen atoms in total. The van der Waals surface area contributed by atoms with Gasteiger partial charge in [0.15, 0.2) is 0 Å². The van der Waals surface area contributed by atoms with Crippen molar-refractivity contribution in [2.24, 2.45) is 0 Å². The Morgan fingerprint density at radius 3 is 2.41 bits per heavy atom. The molecule has 0 aliphatic heterocycles. The first-order valence-electron chi connectivity index (χ1n) is 8.84. The molecule has 0 radical (unpaired) electrons. The number of urea groups is 1. The number of hydrogen-bond acceptors (Lipinski definition) is 9. The van der Waals surface area contributed by atoms with E-state index in [-0.39, 0.29) is 34.6 Å². The number of methoxy groups -OCH3 is 2. The van der Waals surface area contributed by atoms with Crippen LogP contribution in [0.4, 0.5) is 10.7 Å². The van der Waals surface area contributed by atoms with Gasteiger partial charge in [-0.3, -0.25) is 5.32 Å². The van der Waals surface area contributed by atoms with Gasteiger partial charge in [-0.05, 0) is 37.8 Å². The third kappa shape index (κ3) is 5.22. The molecule has 2 N–H and O–H groups in total. The van der Waals surface area contributed by atoms with Crippen molar-refractivity contribution in [1.29, 1.82) is 0 Å². The minimum atomic E-state index is -4.25. The average molecular weight is 423 g/mol. The van der Waals surface area contributed by atoms with Crippen LogP contribution in [-0.2, 0) is 10.0 Å². The normalized spacial score (nSPS) is 14.3. The van der Waals surface area contributed by atoms with Crippen LogP contribution in [-0.4, -0.2) is 49.7 Å². The van der Waals surface area contributed by atoms with Gasteiger partial charge >= 0.3 is 6.03 Å². The highest BCUT2D eigenvalue weighted by molar-refractivity contribution is 7.90. The van der Waals surface area contributed by atoms with E-state index in [2.05, 4.69) is 20.3 Å². The van der Waals surface area contributed by atoms with E-state index >= 15 is 0 Å². The molecule has 0 saturated heterocycles.